The smallest absolute Gasteiger partial charge is 0.0249 e. The molecule has 0 amide bonds. The zero-order valence-corrected chi connectivity index (χ0v) is 7.44. The van der Waals surface area contributed by atoms with Gasteiger partial charge >= 0.3 is 0 Å². The molecule has 0 aromatic carbocycles. The molecule has 0 spiro atoms. The average molecular weight is 149 g/mol. The molecule has 0 saturated carbocycles. The number of allylic oxidation sites excluding steroid dienone is 5. The van der Waals surface area contributed by atoms with E-state index in [1.165, 1.54) is 6.21 Å². The fraction of sp³-hybridized carbons (Fsp3) is 0.300. The van der Waals surface area contributed by atoms with Crippen molar-refractivity contribution in [3.63, 3.8) is 0 Å². The van der Waals surface area contributed by atoms with Crippen LogP contribution in [0.15, 0.2) is 35.5 Å². The van der Waals surface area contributed by atoms with Gasteiger partial charge in [0, 0.05) is 6.21 Å². The molecule has 0 aromatic rings. The van der Waals surface area contributed by atoms with Gasteiger partial charge < -0.3 is 5.41 Å². The third-order valence-electron chi connectivity index (χ3n) is 1.38. The Morgan fingerprint density at radius 2 is 1.91 bits per heavy atom. The van der Waals surface area contributed by atoms with Gasteiger partial charge in [-0.3, -0.25) is 0 Å². The maximum atomic E-state index is 7.07. The highest BCUT2D eigenvalue weighted by Crippen LogP contribution is 2.08. The zero-order valence-electron chi connectivity index (χ0n) is 7.44. The van der Waals surface area contributed by atoms with Crippen LogP contribution in [0, 0.1) is 5.41 Å². The topological polar surface area (TPSA) is 23.9 Å². The minimum Gasteiger partial charge on any atom is -0.308 e. The van der Waals surface area contributed by atoms with Crippen LogP contribution >= 0.6 is 0 Å². The predicted octanol–water partition coefficient (Wildman–Crippen LogP) is 3.10. The lowest BCUT2D eigenvalue weighted by Crippen LogP contribution is -1.85. The molecule has 1 N–H and O–H groups in total. The summed E-state index contributed by atoms with van der Waals surface area (Å²) in [6.07, 6.45) is 5.25. The van der Waals surface area contributed by atoms with Crippen LogP contribution in [0.4, 0.5) is 0 Å². The lowest BCUT2D eigenvalue weighted by Gasteiger charge is -1.99. The molecule has 0 unspecified atom stereocenters. The van der Waals surface area contributed by atoms with Crippen LogP contribution < -0.4 is 0 Å². The Balaban J connectivity index is 4.58. The minimum atomic E-state index is 0.952. The summed E-state index contributed by atoms with van der Waals surface area (Å²) in [6.45, 7) is 9.62. The van der Waals surface area contributed by atoms with Crippen molar-refractivity contribution >= 4 is 6.21 Å². The van der Waals surface area contributed by atoms with E-state index in [4.69, 9.17) is 5.41 Å². The van der Waals surface area contributed by atoms with Crippen LogP contribution in [0.1, 0.15) is 20.8 Å². The van der Waals surface area contributed by atoms with Crippen LogP contribution in [0.3, 0.4) is 0 Å². The lowest BCUT2D eigenvalue weighted by atomic mass is 10.1. The first-order chi connectivity index (χ1) is 5.11. The second-order valence-corrected chi connectivity index (χ2v) is 2.56. The van der Waals surface area contributed by atoms with Crippen molar-refractivity contribution < 1.29 is 0 Å². The quantitative estimate of drug-likeness (QED) is 0.471. The predicted molar refractivity (Wildman–Crippen MR) is 51.1 cm³/mol. The molecule has 0 saturated heterocycles. The SMILES string of the molecule is C=C(C)/C=C(C)/C(C=N)=C/C. The average Bonchev–Trinajstić information content (AvgIpc) is 1.88. The number of hydrogen-bond acceptors (Lipinski definition) is 1. The fourth-order valence-corrected chi connectivity index (χ4v) is 0.878. The van der Waals surface area contributed by atoms with Crippen molar-refractivity contribution in [3.8, 4) is 0 Å². The van der Waals surface area contributed by atoms with Gasteiger partial charge in [-0.05, 0) is 31.9 Å². The first kappa shape index (κ1) is 9.89. The van der Waals surface area contributed by atoms with Crippen LogP contribution in [-0.4, -0.2) is 6.21 Å². The standard InChI is InChI=1S/C10H15N/c1-5-10(7-11)9(4)6-8(2)3/h5-7,11H,2H2,1,3-4H3/b9-6+,10-5+,11-7?. The van der Waals surface area contributed by atoms with Gasteiger partial charge in [0.1, 0.15) is 0 Å². The minimum absolute atomic E-state index is 0.952. The number of nitrogens with one attached hydrogen (secondary N) is 1. The largest absolute Gasteiger partial charge is 0.308 e. The van der Waals surface area contributed by atoms with E-state index in [-0.39, 0.29) is 0 Å². The highest BCUT2D eigenvalue weighted by atomic mass is 14.3. The van der Waals surface area contributed by atoms with E-state index in [2.05, 4.69) is 6.58 Å². The second kappa shape index (κ2) is 4.67. The lowest BCUT2D eigenvalue weighted by molar-refractivity contribution is 1.39. The van der Waals surface area contributed by atoms with Crippen LogP contribution in [-0.2, 0) is 0 Å². The first-order valence-corrected chi connectivity index (χ1v) is 3.62. The molecule has 0 rings (SSSR count). The number of rotatable bonds is 3. The molecule has 0 aliphatic heterocycles. The molecule has 60 valence electrons. The van der Waals surface area contributed by atoms with Gasteiger partial charge in [-0.15, -0.1) is 0 Å². The summed E-state index contributed by atoms with van der Waals surface area (Å²) in [5.74, 6) is 0. The molecule has 0 heterocycles. The Morgan fingerprint density at radius 1 is 1.36 bits per heavy atom. The van der Waals surface area contributed by atoms with Crippen molar-refractivity contribution in [2.45, 2.75) is 20.8 Å². The highest BCUT2D eigenvalue weighted by Gasteiger charge is 1.92. The molecular weight excluding hydrogens is 134 g/mol. The summed E-state index contributed by atoms with van der Waals surface area (Å²) in [5.41, 5.74) is 3.06. The van der Waals surface area contributed by atoms with E-state index in [0.717, 1.165) is 16.7 Å². The van der Waals surface area contributed by atoms with E-state index in [0.29, 0.717) is 0 Å². The van der Waals surface area contributed by atoms with Gasteiger partial charge in [0.15, 0.2) is 0 Å². The van der Waals surface area contributed by atoms with E-state index in [1.807, 2.05) is 32.9 Å². The summed E-state index contributed by atoms with van der Waals surface area (Å²) in [5, 5.41) is 7.07. The Bertz CT molecular complexity index is 219. The third kappa shape index (κ3) is 3.56. The van der Waals surface area contributed by atoms with E-state index < -0.39 is 0 Å². The van der Waals surface area contributed by atoms with Gasteiger partial charge in [0.25, 0.3) is 0 Å². The zero-order chi connectivity index (χ0) is 8.85. The molecule has 0 aromatic heterocycles. The monoisotopic (exact) mass is 149 g/mol. The van der Waals surface area contributed by atoms with Gasteiger partial charge in [-0.25, -0.2) is 0 Å². The molecule has 0 fully saturated rings. The summed E-state index contributed by atoms with van der Waals surface area (Å²) in [6, 6.07) is 0. The molecular formula is C10H15N. The number of hydrogen-bond donors (Lipinski definition) is 1. The van der Waals surface area contributed by atoms with E-state index in [1.54, 1.807) is 0 Å². The maximum absolute atomic E-state index is 7.07. The first-order valence-electron chi connectivity index (χ1n) is 3.62. The van der Waals surface area contributed by atoms with Gasteiger partial charge in [-0.1, -0.05) is 24.3 Å². The molecule has 1 nitrogen and oxygen atoms in total. The van der Waals surface area contributed by atoms with Crippen molar-refractivity contribution in [1.82, 2.24) is 0 Å². The molecule has 0 bridgehead atoms. The molecule has 0 aliphatic rings. The summed E-state index contributed by atoms with van der Waals surface area (Å²) < 4.78 is 0. The highest BCUT2D eigenvalue weighted by molar-refractivity contribution is 5.82. The van der Waals surface area contributed by atoms with Crippen molar-refractivity contribution in [2.75, 3.05) is 0 Å². The Kier molecular flexibility index (Phi) is 4.20. The van der Waals surface area contributed by atoms with E-state index >= 15 is 0 Å². The van der Waals surface area contributed by atoms with Gasteiger partial charge in [0.2, 0.25) is 0 Å². The van der Waals surface area contributed by atoms with Crippen LogP contribution in [0.5, 0.6) is 0 Å². The Labute approximate surface area is 68.6 Å². The molecule has 0 atom stereocenters. The summed E-state index contributed by atoms with van der Waals surface area (Å²) >= 11 is 0. The van der Waals surface area contributed by atoms with Gasteiger partial charge in [0.05, 0.1) is 0 Å². The molecule has 1 heteroatoms. The van der Waals surface area contributed by atoms with Crippen LogP contribution in [0.25, 0.3) is 0 Å². The van der Waals surface area contributed by atoms with Crippen LogP contribution in [0.2, 0.25) is 0 Å². The second-order valence-electron chi connectivity index (χ2n) is 2.56. The molecule has 0 radical (unpaired) electrons. The van der Waals surface area contributed by atoms with Gasteiger partial charge in [-0.2, -0.15) is 0 Å². The molecule has 11 heavy (non-hydrogen) atoms. The Morgan fingerprint density at radius 3 is 2.18 bits per heavy atom. The van der Waals surface area contributed by atoms with Crippen molar-refractivity contribution in [1.29, 1.82) is 5.41 Å². The third-order valence-corrected chi connectivity index (χ3v) is 1.38. The van der Waals surface area contributed by atoms with Crippen molar-refractivity contribution in [3.05, 3.63) is 35.5 Å². The summed E-state index contributed by atoms with van der Waals surface area (Å²) in [4.78, 5) is 0. The Hall–Kier alpha value is -1.11. The normalized spacial score (nSPS) is 13.0. The molecule has 0 aliphatic carbocycles. The fourth-order valence-electron chi connectivity index (χ4n) is 0.878. The summed E-state index contributed by atoms with van der Waals surface area (Å²) in [7, 11) is 0. The maximum Gasteiger partial charge on any atom is 0.0249 e. The van der Waals surface area contributed by atoms with E-state index in [9.17, 15) is 0 Å². The van der Waals surface area contributed by atoms with Crippen molar-refractivity contribution in [2.24, 2.45) is 0 Å².